The predicted molar refractivity (Wildman–Crippen MR) is 79.4 cm³/mol. The average Bonchev–Trinajstić information content (AvgIpc) is 2.98. The molecule has 0 radical (unpaired) electrons. The standard InChI is InChI=1S/C15H21N3O3/c1-10(2)13(15(20)21)17-14(19)12-9-11(5-6-16-12)18-7-3-4-8-18/h5-6,9-10,13H,3-4,7-8H2,1-2H3,(H,17,19)(H,20,21)/t13-/m1/s1. The zero-order chi connectivity index (χ0) is 15.4. The summed E-state index contributed by atoms with van der Waals surface area (Å²) in [5.74, 6) is -1.67. The van der Waals surface area contributed by atoms with Gasteiger partial charge in [0.15, 0.2) is 0 Å². The molecular weight excluding hydrogens is 270 g/mol. The number of aromatic nitrogens is 1. The van der Waals surface area contributed by atoms with Crippen molar-refractivity contribution in [1.29, 1.82) is 0 Å². The van der Waals surface area contributed by atoms with Gasteiger partial charge in [0.2, 0.25) is 0 Å². The molecule has 1 amide bonds. The second-order valence-corrected chi connectivity index (χ2v) is 5.63. The molecule has 1 saturated heterocycles. The lowest BCUT2D eigenvalue weighted by Gasteiger charge is -2.19. The van der Waals surface area contributed by atoms with Crippen LogP contribution in [0.5, 0.6) is 0 Å². The van der Waals surface area contributed by atoms with E-state index in [9.17, 15) is 9.59 Å². The lowest BCUT2D eigenvalue weighted by Crippen LogP contribution is -2.44. The highest BCUT2D eigenvalue weighted by molar-refractivity contribution is 5.95. The van der Waals surface area contributed by atoms with Crippen molar-refractivity contribution in [3.8, 4) is 0 Å². The van der Waals surface area contributed by atoms with E-state index in [4.69, 9.17) is 5.11 Å². The third kappa shape index (κ3) is 3.71. The number of amides is 1. The Kier molecular flexibility index (Phi) is 4.77. The zero-order valence-corrected chi connectivity index (χ0v) is 12.4. The SMILES string of the molecule is CC(C)[C@@H](NC(=O)c1cc(N2CCCC2)ccn1)C(=O)O. The zero-order valence-electron chi connectivity index (χ0n) is 12.4. The number of pyridine rings is 1. The minimum atomic E-state index is -1.03. The maximum atomic E-state index is 12.2. The Morgan fingerprint density at radius 3 is 2.57 bits per heavy atom. The highest BCUT2D eigenvalue weighted by Gasteiger charge is 2.24. The minimum absolute atomic E-state index is 0.187. The number of carboxylic acids is 1. The molecule has 0 spiro atoms. The summed E-state index contributed by atoms with van der Waals surface area (Å²) in [7, 11) is 0. The molecule has 0 unspecified atom stereocenters. The summed E-state index contributed by atoms with van der Waals surface area (Å²) in [5, 5.41) is 11.7. The number of anilines is 1. The van der Waals surface area contributed by atoms with Gasteiger partial charge in [0.05, 0.1) is 0 Å². The number of hydrogen-bond donors (Lipinski definition) is 2. The number of hydrogen-bond acceptors (Lipinski definition) is 4. The van der Waals surface area contributed by atoms with Gasteiger partial charge in [0, 0.05) is 25.0 Å². The van der Waals surface area contributed by atoms with Gasteiger partial charge in [0.25, 0.3) is 5.91 Å². The Balaban J connectivity index is 2.11. The van der Waals surface area contributed by atoms with Crippen LogP contribution in [0.3, 0.4) is 0 Å². The van der Waals surface area contributed by atoms with Gasteiger partial charge in [-0.15, -0.1) is 0 Å². The van der Waals surface area contributed by atoms with E-state index in [0.29, 0.717) is 0 Å². The fraction of sp³-hybridized carbons (Fsp3) is 0.533. The normalized spacial score (nSPS) is 16.0. The van der Waals surface area contributed by atoms with E-state index in [1.807, 2.05) is 6.07 Å². The maximum Gasteiger partial charge on any atom is 0.326 e. The van der Waals surface area contributed by atoms with E-state index < -0.39 is 17.9 Å². The van der Waals surface area contributed by atoms with Crippen molar-refractivity contribution >= 4 is 17.6 Å². The Hall–Kier alpha value is -2.11. The first-order chi connectivity index (χ1) is 9.99. The van der Waals surface area contributed by atoms with E-state index in [1.54, 1.807) is 26.1 Å². The highest BCUT2D eigenvalue weighted by Crippen LogP contribution is 2.20. The molecule has 0 saturated carbocycles. The molecule has 0 aliphatic carbocycles. The Morgan fingerprint density at radius 1 is 1.33 bits per heavy atom. The van der Waals surface area contributed by atoms with Crippen LogP contribution < -0.4 is 10.2 Å². The molecule has 1 fully saturated rings. The van der Waals surface area contributed by atoms with Gasteiger partial charge in [-0.3, -0.25) is 9.78 Å². The molecule has 1 aromatic rings. The van der Waals surface area contributed by atoms with Crippen molar-refractivity contribution in [1.82, 2.24) is 10.3 Å². The fourth-order valence-electron chi connectivity index (χ4n) is 2.44. The van der Waals surface area contributed by atoms with E-state index in [1.165, 1.54) is 0 Å². The molecule has 1 aromatic heterocycles. The minimum Gasteiger partial charge on any atom is -0.480 e. The molecule has 6 nitrogen and oxygen atoms in total. The van der Waals surface area contributed by atoms with Gasteiger partial charge in [-0.25, -0.2) is 4.79 Å². The third-order valence-electron chi connectivity index (χ3n) is 3.67. The van der Waals surface area contributed by atoms with Crippen molar-refractivity contribution in [3.63, 3.8) is 0 Å². The molecule has 1 atom stereocenters. The first kappa shape index (κ1) is 15.3. The van der Waals surface area contributed by atoms with Crippen LogP contribution in [0.2, 0.25) is 0 Å². The molecule has 2 heterocycles. The molecule has 1 aliphatic heterocycles. The molecule has 2 rings (SSSR count). The summed E-state index contributed by atoms with van der Waals surface area (Å²) >= 11 is 0. The summed E-state index contributed by atoms with van der Waals surface area (Å²) in [6.45, 7) is 5.48. The molecule has 21 heavy (non-hydrogen) atoms. The topological polar surface area (TPSA) is 82.5 Å². The highest BCUT2D eigenvalue weighted by atomic mass is 16.4. The van der Waals surface area contributed by atoms with E-state index in [0.717, 1.165) is 31.6 Å². The van der Waals surface area contributed by atoms with E-state index in [-0.39, 0.29) is 11.6 Å². The molecule has 1 aliphatic rings. The summed E-state index contributed by atoms with van der Waals surface area (Å²) in [6.07, 6.45) is 3.89. The van der Waals surface area contributed by atoms with Gasteiger partial charge < -0.3 is 15.3 Å². The van der Waals surface area contributed by atoms with Crippen LogP contribution in [0.25, 0.3) is 0 Å². The average molecular weight is 291 g/mol. The summed E-state index contributed by atoms with van der Waals surface area (Å²) in [5.41, 5.74) is 1.22. The van der Waals surface area contributed by atoms with Gasteiger partial charge >= 0.3 is 5.97 Å². The number of nitrogens with one attached hydrogen (secondary N) is 1. The third-order valence-corrected chi connectivity index (χ3v) is 3.67. The van der Waals surface area contributed by atoms with Gasteiger partial charge in [0.1, 0.15) is 11.7 Å². The van der Waals surface area contributed by atoms with Crippen molar-refractivity contribution in [3.05, 3.63) is 24.0 Å². The van der Waals surface area contributed by atoms with Crippen LogP contribution >= 0.6 is 0 Å². The fourth-order valence-corrected chi connectivity index (χ4v) is 2.44. The van der Waals surface area contributed by atoms with Gasteiger partial charge in [-0.05, 0) is 30.9 Å². The molecule has 0 bridgehead atoms. The van der Waals surface area contributed by atoms with Crippen LogP contribution in [0.15, 0.2) is 18.3 Å². The van der Waals surface area contributed by atoms with Crippen LogP contribution in [0.1, 0.15) is 37.2 Å². The van der Waals surface area contributed by atoms with Crippen LogP contribution in [0.4, 0.5) is 5.69 Å². The first-order valence-electron chi connectivity index (χ1n) is 7.23. The molecule has 6 heteroatoms. The summed E-state index contributed by atoms with van der Waals surface area (Å²) < 4.78 is 0. The maximum absolute atomic E-state index is 12.2. The number of carbonyl (C=O) groups excluding carboxylic acids is 1. The first-order valence-corrected chi connectivity index (χ1v) is 7.23. The quantitative estimate of drug-likeness (QED) is 0.859. The Bertz CT molecular complexity index is 525. The Labute approximate surface area is 124 Å². The smallest absolute Gasteiger partial charge is 0.326 e. The number of carboxylic acid groups (broad SMARTS) is 1. The van der Waals surface area contributed by atoms with E-state index in [2.05, 4.69) is 15.2 Å². The number of rotatable bonds is 5. The van der Waals surface area contributed by atoms with Gasteiger partial charge in [-0.1, -0.05) is 13.8 Å². The molecular formula is C15H21N3O3. The van der Waals surface area contributed by atoms with Crippen molar-refractivity contribution in [2.24, 2.45) is 5.92 Å². The second-order valence-electron chi connectivity index (χ2n) is 5.63. The Morgan fingerprint density at radius 2 is 2.00 bits per heavy atom. The molecule has 114 valence electrons. The number of aliphatic carboxylic acids is 1. The van der Waals surface area contributed by atoms with Crippen molar-refractivity contribution in [2.45, 2.75) is 32.7 Å². The summed E-state index contributed by atoms with van der Waals surface area (Å²) in [4.78, 5) is 29.6. The van der Waals surface area contributed by atoms with Crippen LogP contribution in [0, 0.1) is 5.92 Å². The number of nitrogens with zero attached hydrogens (tertiary/aromatic N) is 2. The van der Waals surface area contributed by atoms with Crippen molar-refractivity contribution < 1.29 is 14.7 Å². The molecule has 2 N–H and O–H groups in total. The predicted octanol–water partition coefficient (Wildman–Crippen LogP) is 1.52. The lowest BCUT2D eigenvalue weighted by atomic mass is 10.0. The van der Waals surface area contributed by atoms with Gasteiger partial charge in [-0.2, -0.15) is 0 Å². The van der Waals surface area contributed by atoms with Crippen molar-refractivity contribution in [2.75, 3.05) is 18.0 Å². The van der Waals surface area contributed by atoms with E-state index >= 15 is 0 Å². The lowest BCUT2D eigenvalue weighted by molar-refractivity contribution is -0.140. The second kappa shape index (κ2) is 6.56. The number of carbonyl (C=O) groups is 2. The monoisotopic (exact) mass is 291 g/mol. The van der Waals surface area contributed by atoms with Crippen LogP contribution in [-0.4, -0.2) is 41.1 Å². The summed E-state index contributed by atoms with van der Waals surface area (Å²) in [6, 6.07) is 2.69. The van der Waals surface area contributed by atoms with Crippen LogP contribution in [-0.2, 0) is 4.79 Å². The molecule has 0 aromatic carbocycles. The largest absolute Gasteiger partial charge is 0.480 e.